The summed E-state index contributed by atoms with van der Waals surface area (Å²) in [6, 6.07) is 15.6. The zero-order valence-electron chi connectivity index (χ0n) is 19.1. The van der Waals surface area contributed by atoms with E-state index in [4.69, 9.17) is 5.73 Å². The van der Waals surface area contributed by atoms with Gasteiger partial charge < -0.3 is 15.5 Å². The maximum absolute atomic E-state index is 13.6. The van der Waals surface area contributed by atoms with Crippen LogP contribution in [0, 0.1) is 5.92 Å². The van der Waals surface area contributed by atoms with Gasteiger partial charge in [0.05, 0.1) is 5.92 Å². The van der Waals surface area contributed by atoms with Crippen LogP contribution in [-0.2, 0) is 28.0 Å². The number of carbonyl (C=O) groups excluding carboxylic acids is 2. The average Bonchev–Trinajstić information content (AvgIpc) is 3.50. The van der Waals surface area contributed by atoms with Crippen molar-refractivity contribution in [1.29, 1.82) is 0 Å². The van der Waals surface area contributed by atoms with Crippen LogP contribution in [0.1, 0.15) is 31.4 Å². The lowest BCUT2D eigenvalue weighted by Crippen LogP contribution is -2.39. The van der Waals surface area contributed by atoms with Crippen LogP contribution in [0.15, 0.2) is 60.9 Å². The molecule has 1 unspecified atom stereocenters. The summed E-state index contributed by atoms with van der Waals surface area (Å²) in [5, 5.41) is 4.28. The van der Waals surface area contributed by atoms with Crippen molar-refractivity contribution >= 4 is 28.9 Å². The third-order valence-electron chi connectivity index (χ3n) is 6.75. The monoisotopic (exact) mass is 443 g/mol. The number of amides is 2. The molecule has 2 aromatic carbocycles. The van der Waals surface area contributed by atoms with Gasteiger partial charge >= 0.3 is 0 Å². The smallest absolute Gasteiger partial charge is 0.232 e. The molecule has 2 amide bonds. The number of nitrogen functional groups attached to an aromatic ring is 1. The lowest BCUT2D eigenvalue weighted by molar-refractivity contribution is -0.124. The van der Waals surface area contributed by atoms with Gasteiger partial charge in [0.15, 0.2) is 0 Å². The summed E-state index contributed by atoms with van der Waals surface area (Å²) in [4.78, 5) is 29.8. The highest BCUT2D eigenvalue weighted by atomic mass is 16.2. The molecule has 1 fully saturated rings. The first-order valence-electron chi connectivity index (χ1n) is 11.4. The summed E-state index contributed by atoms with van der Waals surface area (Å²) in [5.74, 6) is -0.377. The van der Waals surface area contributed by atoms with Crippen molar-refractivity contribution in [3.63, 3.8) is 0 Å². The van der Waals surface area contributed by atoms with Gasteiger partial charge in [0.25, 0.3) is 0 Å². The van der Waals surface area contributed by atoms with E-state index in [9.17, 15) is 9.59 Å². The molecule has 2 aliphatic heterocycles. The minimum atomic E-state index is -0.361. The Morgan fingerprint density at radius 1 is 1.18 bits per heavy atom. The summed E-state index contributed by atoms with van der Waals surface area (Å²) in [7, 11) is 0. The molecule has 170 valence electrons. The number of carbonyl (C=O) groups is 2. The number of nitrogens with zero attached hydrogens (tertiary/aromatic N) is 4. The van der Waals surface area contributed by atoms with Crippen LogP contribution in [-0.4, -0.2) is 34.7 Å². The van der Waals surface area contributed by atoms with Crippen molar-refractivity contribution in [3.8, 4) is 0 Å². The van der Waals surface area contributed by atoms with Crippen LogP contribution in [0.3, 0.4) is 0 Å². The number of anilines is 3. The predicted octanol–water partition coefficient (Wildman–Crippen LogP) is 3.39. The number of nitrogens with two attached hydrogens (primary N) is 1. The Labute approximate surface area is 193 Å². The molecule has 3 heterocycles. The number of aromatic nitrogens is 2. The van der Waals surface area contributed by atoms with E-state index < -0.39 is 0 Å². The van der Waals surface area contributed by atoms with Crippen molar-refractivity contribution < 1.29 is 9.59 Å². The number of benzene rings is 2. The summed E-state index contributed by atoms with van der Waals surface area (Å²) in [6.07, 6.45) is 4.86. The fraction of sp³-hybridized carbons (Fsp3) is 0.346. The fourth-order valence-electron chi connectivity index (χ4n) is 4.99. The molecular formula is C26H29N5O2. The summed E-state index contributed by atoms with van der Waals surface area (Å²) in [6.45, 7) is 6.17. The molecule has 1 aromatic heterocycles. The van der Waals surface area contributed by atoms with E-state index in [0.29, 0.717) is 18.8 Å². The molecule has 7 nitrogen and oxygen atoms in total. The first-order valence-corrected chi connectivity index (χ1v) is 11.4. The standard InChI is InChI=1S/C26H29N5O2/c1-26(2)17-31(23-8-7-18(13-22(23)26)9-12-29-11-4-10-28-29)25(33)19-14-24(32)30(16-19)21-6-3-5-20(27)15-21/h3-8,10-11,13,15,19H,9,12,14,16-17,27H2,1-2H3. The van der Waals surface area contributed by atoms with Gasteiger partial charge in [-0.2, -0.15) is 5.10 Å². The highest BCUT2D eigenvalue weighted by Gasteiger charge is 2.43. The lowest BCUT2D eigenvalue weighted by atomic mass is 9.86. The summed E-state index contributed by atoms with van der Waals surface area (Å²) < 4.78 is 1.93. The molecule has 0 spiro atoms. The third-order valence-corrected chi connectivity index (χ3v) is 6.75. The van der Waals surface area contributed by atoms with Crippen LogP contribution in [0.5, 0.6) is 0 Å². The molecule has 2 aliphatic rings. The van der Waals surface area contributed by atoms with E-state index in [-0.39, 0.29) is 29.6 Å². The second-order valence-electron chi connectivity index (χ2n) is 9.68. The van der Waals surface area contributed by atoms with Gasteiger partial charge in [-0.1, -0.05) is 32.0 Å². The Morgan fingerprint density at radius 3 is 2.79 bits per heavy atom. The van der Waals surface area contributed by atoms with Crippen LogP contribution >= 0.6 is 0 Å². The van der Waals surface area contributed by atoms with Crippen molar-refractivity contribution in [3.05, 3.63) is 72.1 Å². The van der Waals surface area contributed by atoms with Gasteiger partial charge in [-0.05, 0) is 47.9 Å². The second-order valence-corrected chi connectivity index (χ2v) is 9.68. The number of rotatable bonds is 5. The van der Waals surface area contributed by atoms with E-state index >= 15 is 0 Å². The van der Waals surface area contributed by atoms with Gasteiger partial charge in [0.2, 0.25) is 11.8 Å². The first-order chi connectivity index (χ1) is 15.8. The minimum Gasteiger partial charge on any atom is -0.399 e. The number of fused-ring (bicyclic) bond motifs is 1. The minimum absolute atomic E-state index is 0.0193. The fourth-order valence-corrected chi connectivity index (χ4v) is 4.99. The average molecular weight is 444 g/mol. The molecule has 0 radical (unpaired) electrons. The third kappa shape index (κ3) is 3.99. The highest BCUT2D eigenvalue weighted by Crippen LogP contribution is 2.42. The molecule has 3 aromatic rings. The Kier molecular flexibility index (Phi) is 5.19. The highest BCUT2D eigenvalue weighted by molar-refractivity contribution is 6.05. The van der Waals surface area contributed by atoms with E-state index in [1.807, 2.05) is 34.0 Å². The maximum atomic E-state index is 13.6. The number of hydrogen-bond acceptors (Lipinski definition) is 4. The normalized spacial score (nSPS) is 19.2. The maximum Gasteiger partial charge on any atom is 0.232 e. The Bertz CT molecular complexity index is 1200. The largest absolute Gasteiger partial charge is 0.399 e. The van der Waals surface area contributed by atoms with Crippen molar-refractivity contribution in [2.24, 2.45) is 5.92 Å². The van der Waals surface area contributed by atoms with Gasteiger partial charge in [0.1, 0.15) is 0 Å². The van der Waals surface area contributed by atoms with Crippen LogP contribution in [0.25, 0.3) is 0 Å². The van der Waals surface area contributed by atoms with Gasteiger partial charge in [-0.25, -0.2) is 0 Å². The number of hydrogen-bond donors (Lipinski definition) is 1. The zero-order valence-corrected chi connectivity index (χ0v) is 19.1. The second kappa shape index (κ2) is 8.06. The quantitative estimate of drug-likeness (QED) is 0.613. The van der Waals surface area contributed by atoms with E-state index in [0.717, 1.165) is 24.3 Å². The summed E-state index contributed by atoms with van der Waals surface area (Å²) in [5.41, 5.74) is 10.5. The SMILES string of the molecule is CC1(C)CN(C(=O)C2CC(=O)N(c3cccc(N)c3)C2)c2ccc(CCn3cccn3)cc21. The number of aryl methyl sites for hydroxylation is 2. The molecule has 7 heteroatoms. The molecule has 2 N–H and O–H groups in total. The molecule has 1 atom stereocenters. The van der Waals surface area contributed by atoms with Crippen molar-refractivity contribution in [1.82, 2.24) is 9.78 Å². The first kappa shape index (κ1) is 21.2. The van der Waals surface area contributed by atoms with Crippen LogP contribution in [0.4, 0.5) is 17.1 Å². The predicted molar refractivity (Wildman–Crippen MR) is 129 cm³/mol. The molecular weight excluding hydrogens is 414 g/mol. The van der Waals surface area contributed by atoms with Gasteiger partial charge in [-0.15, -0.1) is 0 Å². The Balaban J connectivity index is 1.34. The lowest BCUT2D eigenvalue weighted by Gasteiger charge is -2.23. The van der Waals surface area contributed by atoms with E-state index in [1.54, 1.807) is 23.2 Å². The molecule has 0 aliphatic carbocycles. The van der Waals surface area contributed by atoms with Crippen molar-refractivity contribution in [2.45, 2.75) is 38.6 Å². The van der Waals surface area contributed by atoms with Crippen molar-refractivity contribution in [2.75, 3.05) is 28.6 Å². The Morgan fingerprint density at radius 2 is 2.03 bits per heavy atom. The summed E-state index contributed by atoms with van der Waals surface area (Å²) >= 11 is 0. The van der Waals surface area contributed by atoms with E-state index in [2.05, 4.69) is 37.1 Å². The van der Waals surface area contributed by atoms with Gasteiger partial charge in [-0.3, -0.25) is 14.3 Å². The van der Waals surface area contributed by atoms with Crippen LogP contribution < -0.4 is 15.5 Å². The van der Waals surface area contributed by atoms with Gasteiger partial charge in [0, 0.05) is 60.9 Å². The molecule has 33 heavy (non-hydrogen) atoms. The molecule has 0 saturated carbocycles. The molecule has 1 saturated heterocycles. The Hall–Kier alpha value is -3.61. The molecule has 5 rings (SSSR count). The topological polar surface area (TPSA) is 84.5 Å². The molecule has 0 bridgehead atoms. The van der Waals surface area contributed by atoms with E-state index in [1.165, 1.54) is 11.1 Å². The van der Waals surface area contributed by atoms with Crippen LogP contribution in [0.2, 0.25) is 0 Å². The zero-order chi connectivity index (χ0) is 23.2.